The normalized spacial score (nSPS) is 32.2. The van der Waals surface area contributed by atoms with Crippen molar-refractivity contribution in [3.63, 3.8) is 0 Å². The lowest BCUT2D eigenvalue weighted by atomic mass is 9.67. The summed E-state index contributed by atoms with van der Waals surface area (Å²) >= 11 is 0. The van der Waals surface area contributed by atoms with Crippen LogP contribution in [0.4, 0.5) is 0 Å². The van der Waals surface area contributed by atoms with E-state index in [1.165, 1.54) is 24.8 Å². The van der Waals surface area contributed by atoms with Crippen molar-refractivity contribution < 1.29 is 4.43 Å². The molecular weight excluding hydrogens is 164 g/mol. The number of rotatable bonds is 1. The maximum atomic E-state index is 5.24. The second-order valence-electron chi connectivity index (χ2n) is 4.39. The van der Waals surface area contributed by atoms with E-state index in [4.69, 9.17) is 4.43 Å². The smallest absolute Gasteiger partial charge is 0.203 e. The molecule has 1 aliphatic carbocycles. The van der Waals surface area contributed by atoms with Crippen LogP contribution in [-0.4, -0.2) is 10.5 Å². The lowest BCUT2D eigenvalue weighted by Gasteiger charge is -2.38. The molecule has 0 heterocycles. The molecule has 1 unspecified atom stereocenters. The molecule has 0 aromatic carbocycles. The van der Waals surface area contributed by atoms with Crippen molar-refractivity contribution >= 4 is 10.5 Å². The van der Waals surface area contributed by atoms with Crippen LogP contribution in [0.25, 0.3) is 0 Å². The summed E-state index contributed by atoms with van der Waals surface area (Å²) < 4.78 is 5.24. The van der Waals surface area contributed by atoms with Gasteiger partial charge < -0.3 is 4.43 Å². The van der Waals surface area contributed by atoms with Gasteiger partial charge in [-0.3, -0.25) is 0 Å². The Morgan fingerprint density at radius 2 is 2.25 bits per heavy atom. The van der Waals surface area contributed by atoms with Gasteiger partial charge in [-0.2, -0.15) is 0 Å². The minimum Gasteiger partial charge on any atom is -0.558 e. The molecule has 0 amide bonds. The van der Waals surface area contributed by atoms with Crippen molar-refractivity contribution in [3.05, 3.63) is 11.8 Å². The van der Waals surface area contributed by atoms with Gasteiger partial charge in [0.2, 0.25) is 10.5 Å². The first-order valence-electron chi connectivity index (χ1n) is 4.81. The van der Waals surface area contributed by atoms with Crippen LogP contribution in [0.3, 0.4) is 0 Å². The topological polar surface area (TPSA) is 9.23 Å². The molecular formula is C10H20OSi. The largest absolute Gasteiger partial charge is 0.558 e. The van der Waals surface area contributed by atoms with E-state index in [-0.39, 0.29) is 0 Å². The average Bonchev–Trinajstić information content (AvgIpc) is 2.00. The van der Waals surface area contributed by atoms with Crippen LogP contribution in [0, 0.1) is 11.3 Å². The molecule has 12 heavy (non-hydrogen) atoms. The van der Waals surface area contributed by atoms with Crippen molar-refractivity contribution in [2.45, 2.75) is 40.0 Å². The molecule has 0 saturated heterocycles. The van der Waals surface area contributed by atoms with Gasteiger partial charge in [0.15, 0.2) is 0 Å². The van der Waals surface area contributed by atoms with Gasteiger partial charge in [-0.05, 0) is 36.2 Å². The monoisotopic (exact) mass is 184 g/mol. The van der Waals surface area contributed by atoms with Crippen LogP contribution >= 0.6 is 0 Å². The Labute approximate surface area is 78.7 Å². The highest BCUT2D eigenvalue weighted by Crippen LogP contribution is 2.44. The fourth-order valence-corrected chi connectivity index (χ4v) is 2.24. The highest BCUT2D eigenvalue weighted by molar-refractivity contribution is 5.98. The maximum Gasteiger partial charge on any atom is 0.203 e. The first-order chi connectivity index (χ1) is 5.59. The first kappa shape index (κ1) is 9.84. The van der Waals surface area contributed by atoms with Gasteiger partial charge in [0, 0.05) is 0 Å². The first-order valence-corrected chi connectivity index (χ1v) is 5.63. The third kappa shape index (κ3) is 1.74. The molecule has 0 bridgehead atoms. The quantitative estimate of drug-likeness (QED) is 0.447. The summed E-state index contributed by atoms with van der Waals surface area (Å²) in [6.07, 6.45) is 5.94. The van der Waals surface area contributed by atoms with Crippen molar-refractivity contribution in [2.75, 3.05) is 0 Å². The average molecular weight is 184 g/mol. The van der Waals surface area contributed by atoms with Gasteiger partial charge in [-0.1, -0.05) is 20.8 Å². The standard InChI is InChI=1S/C10H20OSi/c1-8-5-4-6-9(7-11-12)10(8,2)3/h7-8H,4-6H2,1-3,12H3. The molecule has 0 spiro atoms. The van der Waals surface area contributed by atoms with Crippen molar-refractivity contribution in [2.24, 2.45) is 11.3 Å². The summed E-state index contributed by atoms with van der Waals surface area (Å²) in [4.78, 5) is 0. The summed E-state index contributed by atoms with van der Waals surface area (Å²) in [5, 5.41) is 0. The van der Waals surface area contributed by atoms with Crippen LogP contribution in [0.5, 0.6) is 0 Å². The van der Waals surface area contributed by atoms with E-state index in [1.807, 2.05) is 6.26 Å². The molecule has 0 radical (unpaired) electrons. The number of allylic oxidation sites excluding steroid dienone is 1. The molecule has 0 aliphatic heterocycles. The zero-order chi connectivity index (χ0) is 9.19. The third-order valence-corrected chi connectivity index (χ3v) is 3.64. The summed E-state index contributed by atoms with van der Waals surface area (Å²) in [6, 6.07) is 0. The summed E-state index contributed by atoms with van der Waals surface area (Å²) in [7, 11) is 0.819. The van der Waals surface area contributed by atoms with Gasteiger partial charge >= 0.3 is 0 Å². The van der Waals surface area contributed by atoms with Crippen molar-refractivity contribution in [1.29, 1.82) is 0 Å². The molecule has 2 heteroatoms. The van der Waals surface area contributed by atoms with E-state index in [9.17, 15) is 0 Å². The van der Waals surface area contributed by atoms with Crippen molar-refractivity contribution in [3.8, 4) is 0 Å². The zero-order valence-corrected chi connectivity index (χ0v) is 10.7. The summed E-state index contributed by atoms with van der Waals surface area (Å²) in [5.74, 6) is 0.800. The molecule has 70 valence electrons. The molecule has 1 fully saturated rings. The van der Waals surface area contributed by atoms with E-state index in [0.29, 0.717) is 5.41 Å². The van der Waals surface area contributed by atoms with Crippen LogP contribution in [0.1, 0.15) is 40.0 Å². The van der Waals surface area contributed by atoms with E-state index in [1.54, 1.807) is 0 Å². The highest BCUT2D eigenvalue weighted by atomic mass is 28.2. The van der Waals surface area contributed by atoms with Crippen LogP contribution < -0.4 is 0 Å². The molecule has 1 rings (SSSR count). The second kappa shape index (κ2) is 3.65. The Balaban J connectivity index is 2.79. The van der Waals surface area contributed by atoms with E-state index < -0.39 is 0 Å². The number of hydrogen-bond acceptors (Lipinski definition) is 1. The van der Waals surface area contributed by atoms with E-state index >= 15 is 0 Å². The molecule has 1 atom stereocenters. The van der Waals surface area contributed by atoms with Crippen LogP contribution in [-0.2, 0) is 4.43 Å². The summed E-state index contributed by atoms with van der Waals surface area (Å²) in [5.41, 5.74) is 1.87. The van der Waals surface area contributed by atoms with E-state index in [0.717, 1.165) is 16.4 Å². The zero-order valence-electron chi connectivity index (χ0n) is 8.68. The van der Waals surface area contributed by atoms with Gasteiger partial charge in [0.05, 0.1) is 6.26 Å². The van der Waals surface area contributed by atoms with Gasteiger partial charge in [0.25, 0.3) is 0 Å². The Morgan fingerprint density at radius 3 is 2.83 bits per heavy atom. The molecule has 0 aromatic rings. The fraction of sp³-hybridized carbons (Fsp3) is 0.800. The Kier molecular flexibility index (Phi) is 2.99. The molecule has 0 aromatic heterocycles. The predicted octanol–water partition coefficient (Wildman–Crippen LogP) is 2.01. The molecule has 1 saturated carbocycles. The summed E-state index contributed by atoms with van der Waals surface area (Å²) in [6.45, 7) is 7.02. The molecule has 1 nitrogen and oxygen atoms in total. The Bertz CT molecular complexity index is 184. The minimum atomic E-state index is 0.364. The fourth-order valence-electron chi connectivity index (χ4n) is 1.95. The van der Waals surface area contributed by atoms with Crippen LogP contribution in [0.2, 0.25) is 0 Å². The Hall–Kier alpha value is -0.243. The van der Waals surface area contributed by atoms with E-state index in [2.05, 4.69) is 20.8 Å². The Morgan fingerprint density at radius 1 is 1.58 bits per heavy atom. The second-order valence-corrected chi connectivity index (χ2v) is 4.87. The molecule has 1 aliphatic rings. The van der Waals surface area contributed by atoms with Crippen molar-refractivity contribution in [1.82, 2.24) is 0 Å². The van der Waals surface area contributed by atoms with Crippen LogP contribution in [0.15, 0.2) is 11.8 Å². The van der Waals surface area contributed by atoms with Gasteiger partial charge in [-0.15, -0.1) is 0 Å². The highest BCUT2D eigenvalue weighted by Gasteiger charge is 2.33. The predicted molar refractivity (Wildman–Crippen MR) is 55.9 cm³/mol. The molecule has 0 N–H and O–H groups in total. The van der Waals surface area contributed by atoms with Gasteiger partial charge in [0.1, 0.15) is 0 Å². The lowest BCUT2D eigenvalue weighted by Crippen LogP contribution is -2.28. The maximum absolute atomic E-state index is 5.24. The minimum absolute atomic E-state index is 0.364. The SMILES string of the molecule is CC1CCCC(=CO[SiH3])C1(C)C. The third-order valence-electron chi connectivity index (χ3n) is 3.40. The number of hydrogen-bond donors (Lipinski definition) is 0. The van der Waals surface area contributed by atoms with Gasteiger partial charge in [-0.25, -0.2) is 0 Å². The lowest BCUT2D eigenvalue weighted by molar-refractivity contribution is 0.219.